The first-order valence-corrected chi connectivity index (χ1v) is 9.09. The van der Waals surface area contributed by atoms with E-state index in [9.17, 15) is 4.79 Å². The van der Waals surface area contributed by atoms with Gasteiger partial charge in [0.1, 0.15) is 12.0 Å². The number of carbonyl (C=O) groups excluding carboxylic acids is 1. The molecule has 1 amide bonds. The Morgan fingerprint density at radius 1 is 1.11 bits per heavy atom. The molecule has 0 spiro atoms. The SMILES string of the molecule is Cc1cnc(C(=O)NC2CCC(n3cc(-c4ccncn4)cn3)CC2)cn1. The quantitative estimate of drug-likeness (QED) is 0.764. The summed E-state index contributed by atoms with van der Waals surface area (Å²) in [4.78, 5) is 28.8. The Bertz CT molecular complexity index is 899. The number of amides is 1. The van der Waals surface area contributed by atoms with Gasteiger partial charge in [-0.25, -0.2) is 15.0 Å². The summed E-state index contributed by atoms with van der Waals surface area (Å²) in [6, 6.07) is 2.38. The third-order valence-electron chi connectivity index (χ3n) is 4.90. The molecule has 0 aliphatic heterocycles. The molecule has 1 saturated carbocycles. The molecule has 138 valence electrons. The Kier molecular flexibility index (Phi) is 4.86. The van der Waals surface area contributed by atoms with Crippen LogP contribution in [-0.4, -0.2) is 41.7 Å². The molecule has 0 unspecified atom stereocenters. The Balaban J connectivity index is 1.33. The average molecular weight is 363 g/mol. The summed E-state index contributed by atoms with van der Waals surface area (Å²) in [7, 11) is 0. The molecule has 1 aliphatic rings. The van der Waals surface area contributed by atoms with E-state index in [1.807, 2.05) is 30.1 Å². The van der Waals surface area contributed by atoms with Crippen molar-refractivity contribution in [1.29, 1.82) is 0 Å². The van der Waals surface area contributed by atoms with Crippen LogP contribution in [0.3, 0.4) is 0 Å². The van der Waals surface area contributed by atoms with Gasteiger partial charge in [0.2, 0.25) is 0 Å². The number of hydrogen-bond acceptors (Lipinski definition) is 6. The van der Waals surface area contributed by atoms with Crippen molar-refractivity contribution in [2.45, 2.75) is 44.7 Å². The maximum atomic E-state index is 12.3. The van der Waals surface area contributed by atoms with Crippen LogP contribution in [0.15, 0.2) is 43.4 Å². The van der Waals surface area contributed by atoms with Gasteiger partial charge in [0, 0.05) is 30.2 Å². The first-order chi connectivity index (χ1) is 13.2. The molecule has 0 aromatic carbocycles. The second kappa shape index (κ2) is 7.61. The highest BCUT2D eigenvalue weighted by molar-refractivity contribution is 5.92. The van der Waals surface area contributed by atoms with Crippen molar-refractivity contribution in [3.05, 3.63) is 54.8 Å². The van der Waals surface area contributed by atoms with Crippen molar-refractivity contribution in [2.24, 2.45) is 0 Å². The normalized spacial score (nSPS) is 19.6. The van der Waals surface area contributed by atoms with E-state index in [-0.39, 0.29) is 11.9 Å². The third kappa shape index (κ3) is 3.99. The first-order valence-electron chi connectivity index (χ1n) is 9.09. The molecule has 3 heterocycles. The van der Waals surface area contributed by atoms with Gasteiger partial charge in [0.15, 0.2) is 0 Å². The summed E-state index contributed by atoms with van der Waals surface area (Å²) in [5.74, 6) is -0.156. The lowest BCUT2D eigenvalue weighted by Gasteiger charge is -2.29. The molecule has 0 radical (unpaired) electrons. The fourth-order valence-electron chi connectivity index (χ4n) is 3.39. The largest absolute Gasteiger partial charge is 0.348 e. The van der Waals surface area contributed by atoms with Gasteiger partial charge in [0.05, 0.1) is 29.8 Å². The van der Waals surface area contributed by atoms with Crippen molar-refractivity contribution >= 4 is 5.91 Å². The van der Waals surface area contributed by atoms with Crippen molar-refractivity contribution < 1.29 is 4.79 Å². The predicted octanol–water partition coefficient (Wildman–Crippen LogP) is 2.35. The second-order valence-corrected chi connectivity index (χ2v) is 6.83. The second-order valence-electron chi connectivity index (χ2n) is 6.83. The van der Waals surface area contributed by atoms with Gasteiger partial charge in [-0.3, -0.25) is 14.5 Å². The van der Waals surface area contributed by atoms with Crippen LogP contribution in [0.5, 0.6) is 0 Å². The van der Waals surface area contributed by atoms with Crippen LogP contribution in [0.2, 0.25) is 0 Å². The Hall–Kier alpha value is -3.16. The van der Waals surface area contributed by atoms with Crippen molar-refractivity contribution in [1.82, 2.24) is 35.0 Å². The monoisotopic (exact) mass is 363 g/mol. The van der Waals surface area contributed by atoms with Gasteiger partial charge in [-0.1, -0.05) is 0 Å². The van der Waals surface area contributed by atoms with Crippen LogP contribution >= 0.6 is 0 Å². The van der Waals surface area contributed by atoms with Gasteiger partial charge < -0.3 is 5.32 Å². The zero-order chi connectivity index (χ0) is 18.6. The van der Waals surface area contributed by atoms with Crippen molar-refractivity contribution in [2.75, 3.05) is 0 Å². The van der Waals surface area contributed by atoms with Gasteiger partial charge in [-0.05, 0) is 38.7 Å². The van der Waals surface area contributed by atoms with Gasteiger partial charge in [0.25, 0.3) is 5.91 Å². The fourth-order valence-corrected chi connectivity index (χ4v) is 3.39. The van der Waals surface area contributed by atoms with E-state index < -0.39 is 0 Å². The standard InChI is InChI=1S/C19H21N7O/c1-13-8-22-18(10-21-13)19(27)25-15-2-4-16(5-3-15)26-11-14(9-24-26)17-6-7-20-12-23-17/h6-12,15-16H,2-5H2,1H3,(H,25,27). The van der Waals surface area contributed by atoms with Gasteiger partial charge in [-0.15, -0.1) is 0 Å². The lowest BCUT2D eigenvalue weighted by Crippen LogP contribution is -2.38. The molecule has 3 aromatic heterocycles. The minimum absolute atomic E-state index is 0.156. The third-order valence-corrected chi connectivity index (χ3v) is 4.90. The molecule has 8 heteroatoms. The molecular weight excluding hydrogens is 342 g/mol. The van der Waals surface area contributed by atoms with Crippen molar-refractivity contribution in [3.8, 4) is 11.3 Å². The first kappa shape index (κ1) is 17.3. The smallest absolute Gasteiger partial charge is 0.271 e. The molecule has 1 N–H and O–H groups in total. The number of nitrogens with zero attached hydrogens (tertiary/aromatic N) is 6. The lowest BCUT2D eigenvalue weighted by molar-refractivity contribution is 0.0916. The summed E-state index contributed by atoms with van der Waals surface area (Å²) in [6.45, 7) is 1.85. The number of hydrogen-bond donors (Lipinski definition) is 1. The summed E-state index contributed by atoms with van der Waals surface area (Å²) in [6.07, 6.45) is 14.0. The number of aromatic nitrogens is 6. The van der Waals surface area contributed by atoms with E-state index >= 15 is 0 Å². The van der Waals surface area contributed by atoms with Crippen LogP contribution < -0.4 is 5.32 Å². The van der Waals surface area contributed by atoms with Gasteiger partial charge in [-0.2, -0.15) is 5.10 Å². The molecule has 0 saturated heterocycles. The number of aryl methyl sites for hydroxylation is 1. The van der Waals surface area contributed by atoms with E-state index in [1.165, 1.54) is 6.20 Å². The van der Waals surface area contributed by atoms with E-state index in [4.69, 9.17) is 0 Å². The van der Waals surface area contributed by atoms with E-state index in [2.05, 4.69) is 30.4 Å². The molecule has 0 atom stereocenters. The molecule has 1 aliphatic carbocycles. The minimum Gasteiger partial charge on any atom is -0.348 e. The fraction of sp³-hybridized carbons (Fsp3) is 0.368. The zero-order valence-electron chi connectivity index (χ0n) is 15.1. The Labute approximate surface area is 157 Å². The van der Waals surface area contributed by atoms with Crippen LogP contribution in [0.4, 0.5) is 0 Å². The van der Waals surface area contributed by atoms with Crippen LogP contribution in [-0.2, 0) is 0 Å². The van der Waals surface area contributed by atoms with Crippen LogP contribution in [0.1, 0.15) is 47.9 Å². The van der Waals surface area contributed by atoms with E-state index in [0.29, 0.717) is 11.7 Å². The topological polar surface area (TPSA) is 98.5 Å². The lowest BCUT2D eigenvalue weighted by atomic mass is 9.91. The summed E-state index contributed by atoms with van der Waals surface area (Å²) in [5.41, 5.74) is 3.03. The number of rotatable bonds is 4. The van der Waals surface area contributed by atoms with E-state index in [0.717, 1.165) is 42.6 Å². The number of carbonyl (C=O) groups is 1. The Morgan fingerprint density at radius 3 is 2.67 bits per heavy atom. The highest BCUT2D eigenvalue weighted by Gasteiger charge is 2.25. The minimum atomic E-state index is -0.156. The van der Waals surface area contributed by atoms with E-state index in [1.54, 1.807) is 18.7 Å². The summed E-state index contributed by atoms with van der Waals surface area (Å²) >= 11 is 0. The van der Waals surface area contributed by atoms with Crippen molar-refractivity contribution in [3.63, 3.8) is 0 Å². The Morgan fingerprint density at radius 2 is 1.96 bits per heavy atom. The molecule has 27 heavy (non-hydrogen) atoms. The maximum absolute atomic E-state index is 12.3. The maximum Gasteiger partial charge on any atom is 0.271 e. The molecule has 1 fully saturated rings. The molecule has 0 bridgehead atoms. The predicted molar refractivity (Wildman–Crippen MR) is 98.8 cm³/mol. The molecule has 3 aromatic rings. The summed E-state index contributed by atoms with van der Waals surface area (Å²) in [5, 5.41) is 7.58. The zero-order valence-corrected chi connectivity index (χ0v) is 15.1. The van der Waals surface area contributed by atoms with Gasteiger partial charge >= 0.3 is 0 Å². The van der Waals surface area contributed by atoms with Crippen LogP contribution in [0.25, 0.3) is 11.3 Å². The summed E-state index contributed by atoms with van der Waals surface area (Å²) < 4.78 is 2.01. The average Bonchev–Trinajstić information content (AvgIpc) is 3.20. The highest BCUT2D eigenvalue weighted by atomic mass is 16.1. The highest BCUT2D eigenvalue weighted by Crippen LogP contribution is 2.29. The molecular formula is C19H21N7O. The number of nitrogens with one attached hydrogen (secondary N) is 1. The molecule has 4 rings (SSSR count). The van der Waals surface area contributed by atoms with Crippen LogP contribution in [0, 0.1) is 6.92 Å². The molecule has 8 nitrogen and oxygen atoms in total.